The number of amides is 2. The SMILES string of the molecule is CN1CCN(C(=O)Cc2ccc(NC(=C3C(=O)Nc4cc([N+](=O)[O-])ccc43)c3ccc4c(c3)OCO4)cc2)CC1. The molecular weight excluding hydrogens is 514 g/mol. The van der Waals surface area contributed by atoms with Gasteiger partial charge in [-0.15, -0.1) is 0 Å². The Morgan fingerprint density at radius 3 is 2.50 bits per heavy atom. The van der Waals surface area contributed by atoms with E-state index in [-0.39, 0.29) is 24.3 Å². The van der Waals surface area contributed by atoms with Crippen LogP contribution in [0.15, 0.2) is 60.7 Å². The minimum absolute atomic E-state index is 0.102. The summed E-state index contributed by atoms with van der Waals surface area (Å²) >= 11 is 0. The van der Waals surface area contributed by atoms with Crippen molar-refractivity contribution in [2.45, 2.75) is 6.42 Å². The highest BCUT2D eigenvalue weighted by Crippen LogP contribution is 2.41. The number of nitro benzene ring substituents is 1. The Hall–Kier alpha value is -4.90. The second kappa shape index (κ2) is 10.3. The van der Waals surface area contributed by atoms with Gasteiger partial charge in [-0.2, -0.15) is 0 Å². The van der Waals surface area contributed by atoms with E-state index in [2.05, 4.69) is 22.6 Å². The minimum atomic E-state index is -0.499. The number of likely N-dealkylation sites (N-methyl/N-ethyl adjacent to an activating group) is 1. The summed E-state index contributed by atoms with van der Waals surface area (Å²) in [5, 5.41) is 17.4. The molecule has 0 spiro atoms. The molecule has 3 aliphatic rings. The summed E-state index contributed by atoms with van der Waals surface area (Å²) in [6, 6.07) is 17.2. The van der Waals surface area contributed by atoms with E-state index < -0.39 is 4.92 Å². The van der Waals surface area contributed by atoms with Gasteiger partial charge in [0.1, 0.15) is 0 Å². The van der Waals surface area contributed by atoms with E-state index in [0.29, 0.717) is 51.7 Å². The van der Waals surface area contributed by atoms with Crippen LogP contribution in [0.2, 0.25) is 0 Å². The topological polar surface area (TPSA) is 126 Å². The third-order valence-electron chi connectivity index (χ3n) is 7.30. The molecule has 204 valence electrons. The van der Waals surface area contributed by atoms with Crippen molar-refractivity contribution in [3.8, 4) is 11.5 Å². The Labute approximate surface area is 230 Å². The lowest BCUT2D eigenvalue weighted by atomic mass is 9.99. The summed E-state index contributed by atoms with van der Waals surface area (Å²) in [4.78, 5) is 40.9. The molecule has 40 heavy (non-hydrogen) atoms. The first-order valence-corrected chi connectivity index (χ1v) is 12.9. The van der Waals surface area contributed by atoms with Gasteiger partial charge < -0.3 is 29.9 Å². The normalized spacial score (nSPS) is 17.3. The number of carbonyl (C=O) groups is 2. The molecule has 3 aromatic rings. The lowest BCUT2D eigenvalue weighted by Gasteiger charge is -2.32. The van der Waals surface area contributed by atoms with E-state index >= 15 is 0 Å². The average Bonchev–Trinajstić information content (AvgIpc) is 3.55. The first kappa shape index (κ1) is 25.4. The van der Waals surface area contributed by atoms with Gasteiger partial charge in [0.2, 0.25) is 12.7 Å². The number of nitrogens with zero attached hydrogens (tertiary/aromatic N) is 3. The second-order valence-corrected chi connectivity index (χ2v) is 9.94. The Bertz CT molecular complexity index is 1540. The van der Waals surface area contributed by atoms with Crippen LogP contribution in [-0.4, -0.2) is 66.6 Å². The van der Waals surface area contributed by atoms with Gasteiger partial charge in [0.15, 0.2) is 11.5 Å². The smallest absolute Gasteiger partial charge is 0.271 e. The van der Waals surface area contributed by atoms with Crippen LogP contribution >= 0.6 is 0 Å². The molecule has 3 heterocycles. The molecule has 0 saturated carbocycles. The maximum absolute atomic E-state index is 13.2. The summed E-state index contributed by atoms with van der Waals surface area (Å²) in [5.41, 5.74) is 3.93. The van der Waals surface area contributed by atoms with Gasteiger partial charge in [0.25, 0.3) is 11.6 Å². The summed E-state index contributed by atoms with van der Waals surface area (Å²) in [7, 11) is 2.05. The molecule has 0 aliphatic carbocycles. The molecule has 6 rings (SSSR count). The van der Waals surface area contributed by atoms with E-state index in [1.807, 2.05) is 35.2 Å². The van der Waals surface area contributed by atoms with Crippen molar-refractivity contribution in [2.24, 2.45) is 0 Å². The van der Waals surface area contributed by atoms with Gasteiger partial charge >= 0.3 is 0 Å². The van der Waals surface area contributed by atoms with Crippen molar-refractivity contribution in [2.75, 3.05) is 50.7 Å². The predicted octanol–water partition coefficient (Wildman–Crippen LogP) is 3.57. The van der Waals surface area contributed by atoms with Gasteiger partial charge in [-0.3, -0.25) is 19.7 Å². The number of nitro groups is 1. The predicted molar refractivity (Wildman–Crippen MR) is 149 cm³/mol. The lowest BCUT2D eigenvalue weighted by Crippen LogP contribution is -2.47. The summed E-state index contributed by atoms with van der Waals surface area (Å²) in [6.45, 7) is 3.31. The molecular formula is C29H27N5O6. The number of carbonyl (C=O) groups excluding carboxylic acids is 2. The number of nitrogens with one attached hydrogen (secondary N) is 2. The van der Waals surface area contributed by atoms with Crippen LogP contribution in [0.3, 0.4) is 0 Å². The van der Waals surface area contributed by atoms with Crippen LogP contribution in [0, 0.1) is 10.1 Å². The van der Waals surface area contributed by atoms with Crippen molar-refractivity contribution < 1.29 is 24.0 Å². The van der Waals surface area contributed by atoms with E-state index in [4.69, 9.17) is 9.47 Å². The van der Waals surface area contributed by atoms with E-state index in [9.17, 15) is 19.7 Å². The van der Waals surface area contributed by atoms with Crippen molar-refractivity contribution in [1.82, 2.24) is 9.80 Å². The lowest BCUT2D eigenvalue weighted by molar-refractivity contribution is -0.384. The number of ether oxygens (including phenoxy) is 2. The van der Waals surface area contributed by atoms with Crippen LogP contribution in [0.25, 0.3) is 11.3 Å². The summed E-state index contributed by atoms with van der Waals surface area (Å²) < 4.78 is 11.0. The molecule has 0 aromatic heterocycles. The number of anilines is 2. The Kier molecular flexibility index (Phi) is 6.56. The molecule has 1 fully saturated rings. The van der Waals surface area contributed by atoms with Crippen LogP contribution in [-0.2, 0) is 16.0 Å². The third-order valence-corrected chi connectivity index (χ3v) is 7.30. The van der Waals surface area contributed by atoms with E-state index in [1.165, 1.54) is 12.1 Å². The molecule has 2 N–H and O–H groups in total. The first-order valence-electron chi connectivity index (χ1n) is 12.9. The third kappa shape index (κ3) is 4.94. The number of benzene rings is 3. The highest BCUT2D eigenvalue weighted by Gasteiger charge is 2.31. The van der Waals surface area contributed by atoms with Crippen LogP contribution in [0.1, 0.15) is 16.7 Å². The maximum Gasteiger partial charge on any atom is 0.271 e. The maximum atomic E-state index is 13.2. The number of non-ortho nitro benzene ring substituents is 1. The first-order chi connectivity index (χ1) is 19.4. The van der Waals surface area contributed by atoms with Gasteiger partial charge in [-0.1, -0.05) is 12.1 Å². The van der Waals surface area contributed by atoms with Crippen molar-refractivity contribution >= 4 is 40.1 Å². The summed E-state index contributed by atoms with van der Waals surface area (Å²) in [6.07, 6.45) is 0.314. The number of rotatable bonds is 6. The quantitative estimate of drug-likeness (QED) is 0.276. The van der Waals surface area contributed by atoms with Crippen LogP contribution in [0.5, 0.6) is 11.5 Å². The Morgan fingerprint density at radius 1 is 1.00 bits per heavy atom. The zero-order chi connectivity index (χ0) is 27.8. The monoisotopic (exact) mass is 541 g/mol. The van der Waals surface area contributed by atoms with Gasteiger partial charge in [0, 0.05) is 55.1 Å². The van der Waals surface area contributed by atoms with Crippen LogP contribution in [0.4, 0.5) is 17.1 Å². The largest absolute Gasteiger partial charge is 0.454 e. The molecule has 11 nitrogen and oxygen atoms in total. The van der Waals surface area contributed by atoms with Crippen molar-refractivity contribution in [3.63, 3.8) is 0 Å². The molecule has 2 amide bonds. The number of fused-ring (bicyclic) bond motifs is 2. The van der Waals surface area contributed by atoms with Gasteiger partial charge in [-0.25, -0.2) is 0 Å². The molecule has 3 aromatic carbocycles. The highest BCUT2D eigenvalue weighted by molar-refractivity contribution is 6.37. The fourth-order valence-electron chi connectivity index (χ4n) is 5.05. The summed E-state index contributed by atoms with van der Waals surface area (Å²) in [5.74, 6) is 0.877. The molecule has 0 atom stereocenters. The van der Waals surface area contributed by atoms with E-state index in [0.717, 1.165) is 31.7 Å². The zero-order valence-electron chi connectivity index (χ0n) is 21.8. The molecule has 3 aliphatic heterocycles. The van der Waals surface area contributed by atoms with Crippen molar-refractivity contribution in [1.29, 1.82) is 0 Å². The fraction of sp³-hybridized carbons (Fsp3) is 0.241. The molecule has 0 bridgehead atoms. The fourth-order valence-corrected chi connectivity index (χ4v) is 5.05. The number of hydrogen-bond donors (Lipinski definition) is 2. The molecule has 0 unspecified atom stereocenters. The second-order valence-electron chi connectivity index (χ2n) is 9.94. The standard InChI is InChI=1S/C29H27N5O6/c1-32-10-12-33(13-11-32)26(35)14-18-2-5-20(6-3-18)30-28(19-4-9-24-25(15-19)40-17-39-24)27-22-8-7-21(34(37)38)16-23(22)31-29(27)36/h2-9,15-16,30H,10-14,17H2,1H3,(H,31,36). The molecule has 1 saturated heterocycles. The van der Waals surface area contributed by atoms with Gasteiger partial charge in [0.05, 0.1) is 28.3 Å². The number of piperazine rings is 1. The van der Waals surface area contributed by atoms with E-state index in [1.54, 1.807) is 18.2 Å². The minimum Gasteiger partial charge on any atom is -0.454 e. The Morgan fingerprint density at radius 2 is 1.75 bits per heavy atom. The number of hydrogen-bond acceptors (Lipinski definition) is 8. The highest BCUT2D eigenvalue weighted by atomic mass is 16.7. The zero-order valence-corrected chi connectivity index (χ0v) is 21.8. The van der Waals surface area contributed by atoms with Crippen LogP contribution < -0.4 is 20.1 Å². The van der Waals surface area contributed by atoms with Gasteiger partial charge in [-0.05, 0) is 49.0 Å². The molecule has 0 radical (unpaired) electrons. The Balaban J connectivity index is 1.31. The molecule has 11 heteroatoms. The average molecular weight is 542 g/mol. The van der Waals surface area contributed by atoms with Crippen molar-refractivity contribution in [3.05, 3.63) is 87.5 Å².